The van der Waals surface area contributed by atoms with E-state index in [2.05, 4.69) is 4.98 Å². The highest BCUT2D eigenvalue weighted by molar-refractivity contribution is 7.99. The summed E-state index contributed by atoms with van der Waals surface area (Å²) in [5, 5.41) is 1.42. The zero-order chi connectivity index (χ0) is 11.1. The normalized spacial score (nSPS) is 18.9. The van der Waals surface area contributed by atoms with Crippen LogP contribution in [0.5, 0.6) is 0 Å². The van der Waals surface area contributed by atoms with Gasteiger partial charge in [-0.1, -0.05) is 23.9 Å². The summed E-state index contributed by atoms with van der Waals surface area (Å²) < 4.78 is 6.92. The van der Waals surface area contributed by atoms with Crippen LogP contribution in [0.3, 0.4) is 0 Å². The lowest BCUT2D eigenvalue weighted by molar-refractivity contribution is 0.162. The molecule has 82 valence electrons. The molecule has 4 nitrogen and oxygen atoms in total. The second-order valence-electron chi connectivity index (χ2n) is 3.61. The van der Waals surface area contributed by atoms with E-state index >= 15 is 0 Å². The molecule has 0 N–H and O–H groups in total. The highest BCUT2D eigenvalue weighted by Gasteiger charge is 2.25. The Labute approximate surface area is 96.2 Å². The number of fused-ring (bicyclic) bond motifs is 2. The van der Waals surface area contributed by atoms with Crippen LogP contribution in [0.15, 0.2) is 34.2 Å². The summed E-state index contributed by atoms with van der Waals surface area (Å²) in [4.78, 5) is 16.6. The van der Waals surface area contributed by atoms with Gasteiger partial charge in [0.05, 0.1) is 17.4 Å². The van der Waals surface area contributed by atoms with Gasteiger partial charge < -0.3 is 4.74 Å². The Hall–Kier alpha value is -1.33. The van der Waals surface area contributed by atoms with Gasteiger partial charge in [0.15, 0.2) is 5.16 Å². The number of ether oxygens (including phenoxy) is 1. The topological polar surface area (TPSA) is 44.1 Å². The van der Waals surface area contributed by atoms with E-state index in [-0.39, 0.29) is 11.0 Å². The summed E-state index contributed by atoms with van der Waals surface area (Å²) in [7, 11) is 1.65. The first kappa shape index (κ1) is 9.86. The second kappa shape index (κ2) is 3.61. The highest BCUT2D eigenvalue weighted by atomic mass is 32.2. The smallest absolute Gasteiger partial charge is 0.262 e. The maximum Gasteiger partial charge on any atom is 0.262 e. The molecule has 0 amide bonds. The molecule has 0 fully saturated rings. The SMILES string of the molecule is COC1Cn2c(nc3ccccc3c2=O)S1. The van der Waals surface area contributed by atoms with Gasteiger partial charge in [-0.2, -0.15) is 0 Å². The van der Waals surface area contributed by atoms with E-state index in [1.165, 1.54) is 11.8 Å². The van der Waals surface area contributed by atoms with Gasteiger partial charge in [-0.25, -0.2) is 4.98 Å². The van der Waals surface area contributed by atoms with Crippen LogP contribution in [0, 0.1) is 0 Å². The molecule has 2 aromatic rings. The largest absolute Gasteiger partial charge is 0.368 e. The first-order valence-corrected chi connectivity index (χ1v) is 5.86. The molecular formula is C11H10N2O2S. The van der Waals surface area contributed by atoms with Gasteiger partial charge in [0.2, 0.25) is 0 Å². The van der Waals surface area contributed by atoms with Crippen molar-refractivity contribution in [3.05, 3.63) is 34.6 Å². The van der Waals surface area contributed by atoms with Gasteiger partial charge in [-0.3, -0.25) is 9.36 Å². The van der Waals surface area contributed by atoms with Crippen LogP contribution in [0.4, 0.5) is 0 Å². The Morgan fingerprint density at radius 1 is 1.50 bits per heavy atom. The minimum Gasteiger partial charge on any atom is -0.368 e. The van der Waals surface area contributed by atoms with E-state index in [1.807, 2.05) is 24.3 Å². The molecule has 16 heavy (non-hydrogen) atoms. The maximum absolute atomic E-state index is 12.1. The molecule has 0 bridgehead atoms. The number of methoxy groups -OCH3 is 1. The third-order valence-corrected chi connectivity index (χ3v) is 3.78. The van der Waals surface area contributed by atoms with Gasteiger partial charge in [-0.05, 0) is 12.1 Å². The molecule has 0 spiro atoms. The third-order valence-electron chi connectivity index (χ3n) is 2.66. The van der Waals surface area contributed by atoms with Crippen molar-refractivity contribution >= 4 is 22.7 Å². The van der Waals surface area contributed by atoms with E-state index in [0.717, 1.165) is 10.7 Å². The molecular weight excluding hydrogens is 224 g/mol. The van der Waals surface area contributed by atoms with Crippen LogP contribution >= 0.6 is 11.8 Å². The number of nitrogens with zero attached hydrogens (tertiary/aromatic N) is 2. The summed E-state index contributed by atoms with van der Waals surface area (Å²) in [6.45, 7) is 0.577. The Morgan fingerprint density at radius 2 is 2.31 bits per heavy atom. The monoisotopic (exact) mass is 234 g/mol. The van der Waals surface area contributed by atoms with Crippen molar-refractivity contribution < 1.29 is 4.74 Å². The van der Waals surface area contributed by atoms with E-state index in [9.17, 15) is 4.79 Å². The Kier molecular flexibility index (Phi) is 2.22. The Balaban J connectivity index is 2.28. The molecule has 0 radical (unpaired) electrons. The van der Waals surface area contributed by atoms with Crippen molar-refractivity contribution in [2.75, 3.05) is 7.11 Å². The number of thioether (sulfide) groups is 1. The molecule has 1 aromatic carbocycles. The minimum atomic E-state index is -0.00277. The average molecular weight is 234 g/mol. The lowest BCUT2D eigenvalue weighted by Crippen LogP contribution is -2.22. The van der Waals surface area contributed by atoms with Gasteiger partial charge in [-0.15, -0.1) is 0 Å². The zero-order valence-corrected chi connectivity index (χ0v) is 9.53. The molecule has 0 aliphatic carbocycles. The van der Waals surface area contributed by atoms with Crippen molar-refractivity contribution in [3.8, 4) is 0 Å². The van der Waals surface area contributed by atoms with E-state index < -0.39 is 0 Å². The maximum atomic E-state index is 12.1. The molecule has 1 atom stereocenters. The minimum absolute atomic E-state index is 0.00277. The standard InChI is InChI=1S/C11H10N2O2S/c1-15-9-6-13-10(14)7-4-2-3-5-8(7)12-11(13)16-9/h2-5,9H,6H2,1H3. The van der Waals surface area contributed by atoms with Gasteiger partial charge >= 0.3 is 0 Å². The van der Waals surface area contributed by atoms with Crippen LogP contribution in [-0.2, 0) is 11.3 Å². The lowest BCUT2D eigenvalue weighted by atomic mass is 10.2. The first-order valence-electron chi connectivity index (χ1n) is 4.98. The first-order chi connectivity index (χ1) is 7.79. The van der Waals surface area contributed by atoms with Crippen molar-refractivity contribution in [2.24, 2.45) is 0 Å². The predicted molar refractivity (Wildman–Crippen MR) is 62.7 cm³/mol. The third kappa shape index (κ3) is 1.36. The number of rotatable bonds is 1. The molecule has 5 heteroatoms. The molecule has 1 aromatic heterocycles. The molecule has 0 saturated carbocycles. The van der Waals surface area contributed by atoms with Crippen LogP contribution in [0.2, 0.25) is 0 Å². The molecule has 0 saturated heterocycles. The van der Waals surface area contributed by atoms with Crippen LogP contribution in [0.1, 0.15) is 0 Å². The van der Waals surface area contributed by atoms with Gasteiger partial charge in [0.25, 0.3) is 5.56 Å². The summed E-state index contributed by atoms with van der Waals surface area (Å²) in [6, 6.07) is 7.41. The number of hydrogen-bond donors (Lipinski definition) is 0. The zero-order valence-electron chi connectivity index (χ0n) is 8.71. The fourth-order valence-corrected chi connectivity index (χ4v) is 2.82. The Morgan fingerprint density at radius 3 is 3.12 bits per heavy atom. The van der Waals surface area contributed by atoms with Crippen molar-refractivity contribution in [2.45, 2.75) is 17.1 Å². The highest BCUT2D eigenvalue weighted by Crippen LogP contribution is 2.30. The van der Waals surface area contributed by atoms with Crippen molar-refractivity contribution in [1.82, 2.24) is 9.55 Å². The number of aromatic nitrogens is 2. The van der Waals surface area contributed by atoms with E-state index in [0.29, 0.717) is 11.9 Å². The second-order valence-corrected chi connectivity index (χ2v) is 4.74. The predicted octanol–water partition coefficient (Wildman–Crippen LogP) is 1.47. The van der Waals surface area contributed by atoms with Gasteiger partial charge in [0.1, 0.15) is 5.44 Å². The molecule has 1 aliphatic rings. The van der Waals surface area contributed by atoms with E-state index in [1.54, 1.807) is 11.7 Å². The van der Waals surface area contributed by atoms with Crippen LogP contribution < -0.4 is 5.56 Å². The Bertz CT molecular complexity index is 608. The summed E-state index contributed by atoms with van der Waals surface area (Å²) in [5.41, 5.74) is 0.771. The number of hydrogen-bond acceptors (Lipinski definition) is 4. The summed E-state index contributed by atoms with van der Waals surface area (Å²) >= 11 is 1.49. The molecule has 1 aliphatic heterocycles. The van der Waals surface area contributed by atoms with Crippen molar-refractivity contribution in [1.29, 1.82) is 0 Å². The fraction of sp³-hybridized carbons (Fsp3) is 0.273. The van der Waals surface area contributed by atoms with Gasteiger partial charge in [0, 0.05) is 7.11 Å². The lowest BCUT2D eigenvalue weighted by Gasteiger charge is -2.03. The fourth-order valence-electron chi connectivity index (χ4n) is 1.83. The number of para-hydroxylation sites is 1. The summed E-state index contributed by atoms with van der Waals surface area (Å²) in [5.74, 6) is 0. The average Bonchev–Trinajstić information content (AvgIpc) is 2.73. The molecule has 1 unspecified atom stereocenters. The van der Waals surface area contributed by atoms with E-state index in [4.69, 9.17) is 4.74 Å². The van der Waals surface area contributed by atoms with Crippen molar-refractivity contribution in [3.63, 3.8) is 0 Å². The van der Waals surface area contributed by atoms with Crippen LogP contribution in [0.25, 0.3) is 10.9 Å². The molecule has 3 rings (SSSR count). The quantitative estimate of drug-likeness (QED) is 0.701. The summed E-state index contributed by atoms with van der Waals surface area (Å²) in [6.07, 6.45) is 0. The number of benzene rings is 1. The van der Waals surface area contributed by atoms with Crippen LogP contribution in [-0.4, -0.2) is 22.1 Å². The molecule has 2 heterocycles.